The van der Waals surface area contributed by atoms with Crippen molar-refractivity contribution >= 4 is 10.8 Å². The van der Waals surface area contributed by atoms with Gasteiger partial charge in [-0.3, -0.25) is 4.98 Å². The quantitative estimate of drug-likeness (QED) is 0.250. The summed E-state index contributed by atoms with van der Waals surface area (Å²) in [6.07, 6.45) is -2.70. The Kier molecular flexibility index (Phi) is 6.92. The van der Waals surface area contributed by atoms with E-state index in [4.69, 9.17) is 4.98 Å². The van der Waals surface area contributed by atoms with E-state index in [-0.39, 0.29) is 33.2 Å². The Labute approximate surface area is 236 Å². The van der Waals surface area contributed by atoms with Gasteiger partial charge in [0.2, 0.25) is 0 Å². The van der Waals surface area contributed by atoms with Crippen LogP contribution in [0.25, 0.3) is 21.9 Å². The third kappa shape index (κ3) is 5.03. The van der Waals surface area contributed by atoms with E-state index in [9.17, 15) is 22.7 Å². The van der Waals surface area contributed by atoms with Crippen LogP contribution in [0.5, 0.6) is 0 Å². The van der Waals surface area contributed by atoms with E-state index in [0.29, 0.717) is 40.9 Å². The SMILES string of the molecule is CC1(C)Cc2nc(C3CCCC3)c(C(F)c3cccc4c(C(F)(F)F)cccc34)c(-c3ccc(F)cc3)c2C(O)C1. The molecular weight excluding hydrogens is 533 g/mol. The number of aliphatic hydroxyl groups excluding tert-OH is 1. The highest BCUT2D eigenvalue weighted by Crippen LogP contribution is 2.51. The minimum Gasteiger partial charge on any atom is -0.388 e. The molecule has 0 saturated heterocycles. The van der Waals surface area contributed by atoms with Gasteiger partial charge in [-0.2, -0.15) is 13.2 Å². The van der Waals surface area contributed by atoms with Crippen LogP contribution >= 0.6 is 0 Å². The lowest BCUT2D eigenvalue weighted by Gasteiger charge is -2.37. The second-order valence-electron chi connectivity index (χ2n) is 12.3. The Bertz CT molecular complexity index is 1600. The van der Waals surface area contributed by atoms with Crippen LogP contribution in [0, 0.1) is 11.2 Å². The second-order valence-corrected chi connectivity index (χ2v) is 12.3. The normalized spacial score (nSPS) is 19.9. The molecule has 7 heteroatoms. The maximum absolute atomic E-state index is 17.3. The maximum Gasteiger partial charge on any atom is 0.417 e. The average Bonchev–Trinajstić information content (AvgIpc) is 3.45. The molecule has 2 aliphatic carbocycles. The molecule has 0 aliphatic heterocycles. The van der Waals surface area contributed by atoms with Gasteiger partial charge in [0.1, 0.15) is 5.82 Å². The van der Waals surface area contributed by atoms with E-state index in [1.54, 1.807) is 12.1 Å². The number of benzene rings is 3. The van der Waals surface area contributed by atoms with Crippen molar-refractivity contribution in [3.63, 3.8) is 0 Å². The van der Waals surface area contributed by atoms with Crippen LogP contribution in [0.15, 0.2) is 60.7 Å². The molecule has 1 fully saturated rings. The molecule has 4 aromatic rings. The van der Waals surface area contributed by atoms with E-state index in [1.807, 2.05) is 0 Å². The highest BCUT2D eigenvalue weighted by atomic mass is 19.4. The predicted molar refractivity (Wildman–Crippen MR) is 150 cm³/mol. The highest BCUT2D eigenvalue weighted by Gasteiger charge is 2.40. The first kappa shape index (κ1) is 27.8. The molecule has 6 rings (SSSR count). The van der Waals surface area contributed by atoms with Gasteiger partial charge in [0, 0.05) is 22.7 Å². The molecule has 1 aromatic heterocycles. The van der Waals surface area contributed by atoms with Crippen molar-refractivity contribution in [3.05, 3.63) is 100 Å². The minimum atomic E-state index is -4.59. The number of halogens is 5. The van der Waals surface area contributed by atoms with Crippen molar-refractivity contribution in [2.75, 3.05) is 0 Å². The fourth-order valence-electron chi connectivity index (χ4n) is 6.98. The lowest BCUT2D eigenvalue weighted by molar-refractivity contribution is -0.136. The lowest BCUT2D eigenvalue weighted by atomic mass is 9.71. The first-order valence-corrected chi connectivity index (χ1v) is 14.2. The molecule has 1 N–H and O–H groups in total. The largest absolute Gasteiger partial charge is 0.417 e. The number of aromatic nitrogens is 1. The van der Waals surface area contributed by atoms with Crippen LogP contribution in [-0.4, -0.2) is 10.1 Å². The first-order valence-electron chi connectivity index (χ1n) is 14.2. The van der Waals surface area contributed by atoms with Crippen molar-refractivity contribution in [1.82, 2.24) is 4.98 Å². The summed E-state index contributed by atoms with van der Waals surface area (Å²) < 4.78 is 73.1. The molecular formula is C34H32F5NO. The molecule has 41 heavy (non-hydrogen) atoms. The maximum atomic E-state index is 17.3. The van der Waals surface area contributed by atoms with Gasteiger partial charge in [-0.1, -0.05) is 69.2 Å². The standard InChI is InChI=1S/C34H32F5NO/c1-33(2)17-26-29(27(41)18-33)28(19-13-15-21(35)16-14-19)30(32(40-26)20-7-3-4-8-20)31(36)24-11-5-10-23-22(24)9-6-12-25(23)34(37,38)39/h5-6,9-16,20,27,31,41H,3-4,7-8,17-18H2,1-2H3. The van der Waals surface area contributed by atoms with Crippen LogP contribution in [0.2, 0.25) is 0 Å². The third-order valence-corrected chi connectivity index (χ3v) is 8.77. The molecule has 1 saturated carbocycles. The predicted octanol–water partition coefficient (Wildman–Crippen LogP) is 9.78. The Morgan fingerprint density at radius 2 is 1.59 bits per heavy atom. The fourth-order valence-corrected chi connectivity index (χ4v) is 6.98. The second kappa shape index (κ2) is 10.2. The molecule has 2 aliphatic rings. The summed E-state index contributed by atoms with van der Waals surface area (Å²) >= 11 is 0. The number of hydrogen-bond acceptors (Lipinski definition) is 2. The van der Waals surface area contributed by atoms with Crippen LogP contribution < -0.4 is 0 Å². The zero-order valence-electron chi connectivity index (χ0n) is 23.0. The van der Waals surface area contributed by atoms with Crippen molar-refractivity contribution in [3.8, 4) is 11.1 Å². The average molecular weight is 566 g/mol. The molecule has 2 atom stereocenters. The molecule has 2 unspecified atom stereocenters. The minimum absolute atomic E-state index is 0.0179. The summed E-state index contributed by atoms with van der Waals surface area (Å²) in [7, 11) is 0. The summed E-state index contributed by atoms with van der Waals surface area (Å²) in [5.41, 5.74) is 2.21. The summed E-state index contributed by atoms with van der Waals surface area (Å²) in [6, 6.07) is 13.9. The smallest absolute Gasteiger partial charge is 0.388 e. The van der Waals surface area contributed by atoms with Gasteiger partial charge in [0.15, 0.2) is 6.17 Å². The van der Waals surface area contributed by atoms with Gasteiger partial charge in [0.25, 0.3) is 0 Å². The molecule has 3 aromatic carbocycles. The topological polar surface area (TPSA) is 33.1 Å². The number of pyridine rings is 1. The number of hydrogen-bond donors (Lipinski definition) is 1. The summed E-state index contributed by atoms with van der Waals surface area (Å²) in [5.74, 6) is -0.461. The van der Waals surface area contributed by atoms with E-state index in [2.05, 4.69) is 13.8 Å². The van der Waals surface area contributed by atoms with Gasteiger partial charge in [-0.25, -0.2) is 8.78 Å². The zero-order chi connectivity index (χ0) is 29.1. The monoisotopic (exact) mass is 565 g/mol. The zero-order valence-corrected chi connectivity index (χ0v) is 23.0. The Balaban J connectivity index is 1.67. The third-order valence-electron chi connectivity index (χ3n) is 8.77. The summed E-state index contributed by atoms with van der Waals surface area (Å²) in [5, 5.41) is 11.6. The lowest BCUT2D eigenvalue weighted by Crippen LogP contribution is -2.29. The van der Waals surface area contributed by atoms with Crippen molar-refractivity contribution < 1.29 is 27.1 Å². The van der Waals surface area contributed by atoms with E-state index < -0.39 is 29.8 Å². The van der Waals surface area contributed by atoms with Crippen LogP contribution in [0.4, 0.5) is 22.0 Å². The van der Waals surface area contributed by atoms with Crippen molar-refractivity contribution in [1.29, 1.82) is 0 Å². The molecule has 0 radical (unpaired) electrons. The van der Waals surface area contributed by atoms with Gasteiger partial charge >= 0.3 is 6.18 Å². The van der Waals surface area contributed by atoms with Gasteiger partial charge in [-0.05, 0) is 76.8 Å². The summed E-state index contributed by atoms with van der Waals surface area (Å²) in [4.78, 5) is 5.07. The van der Waals surface area contributed by atoms with E-state index in [0.717, 1.165) is 31.7 Å². The number of rotatable bonds is 4. The number of fused-ring (bicyclic) bond motifs is 2. The van der Waals surface area contributed by atoms with E-state index in [1.165, 1.54) is 42.5 Å². The Morgan fingerprint density at radius 1 is 0.927 bits per heavy atom. The molecule has 214 valence electrons. The number of alkyl halides is 4. The Morgan fingerprint density at radius 3 is 2.27 bits per heavy atom. The first-order chi connectivity index (χ1) is 19.4. The van der Waals surface area contributed by atoms with Crippen LogP contribution in [0.1, 0.15) is 97.8 Å². The number of aliphatic hydroxyl groups is 1. The molecule has 0 spiro atoms. The Hall–Kier alpha value is -3.32. The summed E-state index contributed by atoms with van der Waals surface area (Å²) in [6.45, 7) is 4.13. The molecule has 1 heterocycles. The van der Waals surface area contributed by atoms with Crippen molar-refractivity contribution in [2.45, 2.75) is 76.7 Å². The van der Waals surface area contributed by atoms with Gasteiger partial charge < -0.3 is 5.11 Å². The molecule has 0 amide bonds. The van der Waals surface area contributed by atoms with Crippen molar-refractivity contribution in [2.24, 2.45) is 5.41 Å². The van der Waals surface area contributed by atoms with Gasteiger partial charge in [-0.15, -0.1) is 0 Å². The fraction of sp³-hybridized carbons (Fsp3) is 0.382. The van der Waals surface area contributed by atoms with E-state index >= 15 is 4.39 Å². The van der Waals surface area contributed by atoms with Crippen LogP contribution in [-0.2, 0) is 12.6 Å². The number of nitrogens with zero attached hydrogens (tertiary/aromatic N) is 1. The van der Waals surface area contributed by atoms with Gasteiger partial charge in [0.05, 0.1) is 17.4 Å². The highest BCUT2D eigenvalue weighted by molar-refractivity contribution is 5.90. The molecule has 0 bridgehead atoms. The van der Waals surface area contributed by atoms with Crippen LogP contribution in [0.3, 0.4) is 0 Å². The molecule has 2 nitrogen and oxygen atoms in total.